The fourth-order valence-electron chi connectivity index (χ4n) is 3.52. The van der Waals surface area contributed by atoms with E-state index >= 15 is 0 Å². The summed E-state index contributed by atoms with van der Waals surface area (Å²) < 4.78 is 5.38. The van der Waals surface area contributed by atoms with Gasteiger partial charge in [-0.05, 0) is 28.2 Å². The molecule has 0 fully saturated rings. The molecule has 2 N–H and O–H groups in total. The molecular weight excluding hydrogens is 342 g/mol. The predicted molar refractivity (Wildman–Crippen MR) is 102 cm³/mol. The molecule has 0 saturated carbocycles. The van der Waals surface area contributed by atoms with Crippen LogP contribution in [0.2, 0.25) is 0 Å². The monoisotopic (exact) mass is 363 g/mol. The van der Waals surface area contributed by atoms with Gasteiger partial charge in [0.15, 0.2) is 0 Å². The molecule has 5 heteroatoms. The summed E-state index contributed by atoms with van der Waals surface area (Å²) in [6.07, 6.45) is 4.74. The Morgan fingerprint density at radius 3 is 2.22 bits per heavy atom. The van der Waals surface area contributed by atoms with Gasteiger partial charge in [0.25, 0.3) is 0 Å². The Morgan fingerprint density at radius 2 is 1.70 bits per heavy atom. The number of carboxylic acid groups (broad SMARTS) is 1. The number of benzene rings is 2. The quantitative estimate of drug-likeness (QED) is 0.769. The van der Waals surface area contributed by atoms with Crippen LogP contribution in [0.25, 0.3) is 11.1 Å². The third-order valence-corrected chi connectivity index (χ3v) is 4.89. The lowest BCUT2D eigenvalue weighted by Crippen LogP contribution is -2.45. The molecule has 2 aromatic carbocycles. The van der Waals surface area contributed by atoms with E-state index in [9.17, 15) is 14.7 Å². The van der Waals surface area contributed by atoms with Gasteiger partial charge in [0.1, 0.15) is 12.6 Å². The first-order valence-corrected chi connectivity index (χ1v) is 8.80. The normalized spacial score (nSPS) is 14.4. The van der Waals surface area contributed by atoms with Gasteiger partial charge in [-0.25, -0.2) is 9.59 Å². The lowest BCUT2D eigenvalue weighted by molar-refractivity contribution is -0.140. The van der Waals surface area contributed by atoms with Crippen LogP contribution in [0.4, 0.5) is 4.79 Å². The lowest BCUT2D eigenvalue weighted by atomic mass is 9.98. The van der Waals surface area contributed by atoms with Crippen LogP contribution in [-0.4, -0.2) is 29.8 Å². The number of aliphatic carboxylic acids is 1. The molecule has 0 aromatic heterocycles. The van der Waals surface area contributed by atoms with Gasteiger partial charge in [0.05, 0.1) is 0 Å². The maximum absolute atomic E-state index is 12.2. The van der Waals surface area contributed by atoms with Crippen molar-refractivity contribution in [1.82, 2.24) is 5.32 Å². The Kier molecular flexibility index (Phi) is 5.46. The third-order valence-electron chi connectivity index (χ3n) is 4.89. The van der Waals surface area contributed by atoms with Gasteiger partial charge in [0.2, 0.25) is 0 Å². The highest BCUT2D eigenvalue weighted by atomic mass is 16.5. The Morgan fingerprint density at radius 1 is 1.15 bits per heavy atom. The van der Waals surface area contributed by atoms with Crippen molar-refractivity contribution < 1.29 is 19.4 Å². The summed E-state index contributed by atoms with van der Waals surface area (Å²) in [6.45, 7) is 1.82. The van der Waals surface area contributed by atoms with Crippen molar-refractivity contribution in [3.63, 3.8) is 0 Å². The van der Waals surface area contributed by atoms with Crippen molar-refractivity contribution in [2.24, 2.45) is 5.92 Å². The van der Waals surface area contributed by atoms with Gasteiger partial charge in [-0.3, -0.25) is 0 Å². The maximum atomic E-state index is 12.2. The number of hydrogen-bond acceptors (Lipinski definition) is 3. The molecule has 138 valence electrons. The number of carbonyl (C=O) groups excluding carboxylic acids is 1. The van der Waals surface area contributed by atoms with Crippen LogP contribution >= 0.6 is 0 Å². The van der Waals surface area contributed by atoms with Gasteiger partial charge in [0, 0.05) is 12.3 Å². The number of carboxylic acids is 1. The lowest BCUT2D eigenvalue weighted by Gasteiger charge is -2.20. The van der Waals surface area contributed by atoms with Crippen LogP contribution in [0.1, 0.15) is 30.4 Å². The highest BCUT2D eigenvalue weighted by molar-refractivity contribution is 5.81. The molecule has 0 radical (unpaired) electrons. The molecule has 3 rings (SSSR count). The molecule has 27 heavy (non-hydrogen) atoms. The first-order chi connectivity index (χ1) is 13.0. The molecule has 1 aliphatic rings. The van der Waals surface area contributed by atoms with Crippen molar-refractivity contribution in [2.75, 3.05) is 6.61 Å². The van der Waals surface area contributed by atoms with E-state index in [1.165, 1.54) is 0 Å². The fraction of sp³-hybridized carbons (Fsp3) is 0.273. The number of rotatable bonds is 6. The fourth-order valence-corrected chi connectivity index (χ4v) is 3.52. The highest BCUT2D eigenvalue weighted by Crippen LogP contribution is 2.44. The standard InChI is InChI=1S/C22H21NO4/c1-3-8-14(2)20(21(24)25)23-22(26)27-13-19-17-11-6-4-9-15(17)16-10-5-7-12-18(16)19/h1,4-7,9-12,14,19-20H,8,13H2,2H3,(H,23,26)(H,24,25)/t14-,20-/m0/s1. The molecule has 0 bridgehead atoms. The average molecular weight is 363 g/mol. The second-order valence-electron chi connectivity index (χ2n) is 6.67. The van der Waals surface area contributed by atoms with Crippen LogP contribution in [0, 0.1) is 18.3 Å². The minimum atomic E-state index is -1.13. The minimum absolute atomic E-state index is 0.0745. The molecular formula is C22H21NO4. The summed E-state index contributed by atoms with van der Waals surface area (Å²) in [5.74, 6) is 0.816. The first kappa shape index (κ1) is 18.5. The van der Waals surface area contributed by atoms with Crippen molar-refractivity contribution in [1.29, 1.82) is 0 Å². The zero-order chi connectivity index (χ0) is 19.4. The van der Waals surface area contributed by atoms with E-state index in [1.807, 2.05) is 36.4 Å². The maximum Gasteiger partial charge on any atom is 0.407 e. The van der Waals surface area contributed by atoms with Gasteiger partial charge in [-0.15, -0.1) is 12.3 Å². The number of amides is 1. The van der Waals surface area contributed by atoms with Crippen LogP contribution in [-0.2, 0) is 9.53 Å². The number of carbonyl (C=O) groups is 2. The second kappa shape index (κ2) is 7.96. The topological polar surface area (TPSA) is 75.6 Å². The van der Waals surface area contributed by atoms with E-state index in [2.05, 4.69) is 23.4 Å². The van der Waals surface area contributed by atoms with Crippen LogP contribution in [0.5, 0.6) is 0 Å². The van der Waals surface area contributed by atoms with E-state index < -0.39 is 24.0 Å². The summed E-state index contributed by atoms with van der Waals surface area (Å²) in [7, 11) is 0. The molecule has 0 saturated heterocycles. The second-order valence-corrected chi connectivity index (χ2v) is 6.67. The molecule has 2 aromatic rings. The number of fused-ring (bicyclic) bond motifs is 3. The number of ether oxygens (including phenoxy) is 1. The number of terminal acetylenes is 1. The van der Waals surface area contributed by atoms with Crippen LogP contribution in [0.15, 0.2) is 48.5 Å². The predicted octanol–water partition coefficient (Wildman–Crippen LogP) is 3.64. The summed E-state index contributed by atoms with van der Waals surface area (Å²) in [4.78, 5) is 23.6. The van der Waals surface area contributed by atoms with Gasteiger partial charge in [-0.1, -0.05) is 55.5 Å². The Hall–Kier alpha value is -3.26. The number of nitrogens with one attached hydrogen (secondary N) is 1. The van der Waals surface area contributed by atoms with Crippen molar-refractivity contribution in [3.05, 3.63) is 59.7 Å². The number of hydrogen-bond donors (Lipinski definition) is 2. The summed E-state index contributed by atoms with van der Waals surface area (Å²) >= 11 is 0. The zero-order valence-corrected chi connectivity index (χ0v) is 15.0. The minimum Gasteiger partial charge on any atom is -0.480 e. The molecule has 1 aliphatic carbocycles. The Labute approximate surface area is 158 Å². The highest BCUT2D eigenvalue weighted by Gasteiger charge is 2.30. The van der Waals surface area contributed by atoms with E-state index in [1.54, 1.807) is 6.92 Å². The van der Waals surface area contributed by atoms with E-state index in [0.717, 1.165) is 22.3 Å². The smallest absolute Gasteiger partial charge is 0.407 e. The van der Waals surface area contributed by atoms with Crippen molar-refractivity contribution >= 4 is 12.1 Å². The molecule has 0 heterocycles. The van der Waals surface area contributed by atoms with Crippen LogP contribution < -0.4 is 5.32 Å². The average Bonchev–Trinajstić information content (AvgIpc) is 2.98. The molecule has 2 atom stereocenters. The Balaban J connectivity index is 1.70. The number of alkyl carbamates (subject to hydrolysis) is 1. The summed E-state index contributed by atoms with van der Waals surface area (Å²) in [5.41, 5.74) is 4.46. The molecule has 1 amide bonds. The SMILES string of the molecule is C#CC[C@H](C)[C@H](NC(=O)OCC1c2ccccc2-c2ccccc21)C(=O)O. The first-order valence-electron chi connectivity index (χ1n) is 8.80. The summed E-state index contributed by atoms with van der Waals surface area (Å²) in [5, 5.41) is 11.7. The summed E-state index contributed by atoms with van der Waals surface area (Å²) in [6, 6.07) is 14.9. The van der Waals surface area contributed by atoms with Crippen LogP contribution in [0.3, 0.4) is 0 Å². The Bertz CT molecular complexity index is 854. The zero-order valence-electron chi connectivity index (χ0n) is 15.0. The van der Waals surface area contributed by atoms with E-state index in [4.69, 9.17) is 11.2 Å². The van der Waals surface area contributed by atoms with Gasteiger partial charge in [-0.2, -0.15) is 0 Å². The molecule has 0 aliphatic heterocycles. The van der Waals surface area contributed by atoms with Crippen molar-refractivity contribution in [3.8, 4) is 23.5 Å². The molecule has 0 spiro atoms. The molecule has 5 nitrogen and oxygen atoms in total. The largest absolute Gasteiger partial charge is 0.480 e. The van der Waals surface area contributed by atoms with Crippen molar-refractivity contribution in [2.45, 2.75) is 25.3 Å². The van der Waals surface area contributed by atoms with E-state index in [-0.39, 0.29) is 18.9 Å². The molecule has 0 unspecified atom stereocenters. The van der Waals surface area contributed by atoms with Gasteiger partial charge < -0.3 is 15.2 Å². The third kappa shape index (κ3) is 3.80. The van der Waals surface area contributed by atoms with E-state index in [0.29, 0.717) is 0 Å². The van der Waals surface area contributed by atoms with Gasteiger partial charge >= 0.3 is 12.1 Å².